The summed E-state index contributed by atoms with van der Waals surface area (Å²) in [6, 6.07) is 5.30. The summed E-state index contributed by atoms with van der Waals surface area (Å²) in [5.41, 5.74) is 0.284. The van der Waals surface area contributed by atoms with E-state index in [1.54, 1.807) is 12.1 Å². The summed E-state index contributed by atoms with van der Waals surface area (Å²) >= 11 is 5.89. The molecule has 19 heavy (non-hydrogen) atoms. The van der Waals surface area contributed by atoms with Gasteiger partial charge in [-0.05, 0) is 31.0 Å². The number of carbonyl (C=O) groups is 1. The number of halogens is 1. The van der Waals surface area contributed by atoms with Gasteiger partial charge in [0, 0.05) is 11.1 Å². The molecule has 0 aliphatic heterocycles. The molecule has 1 N–H and O–H groups in total. The van der Waals surface area contributed by atoms with Crippen LogP contribution in [0.1, 0.15) is 18.9 Å². The van der Waals surface area contributed by atoms with Gasteiger partial charge in [-0.15, -0.1) is 0 Å². The molecule has 1 saturated carbocycles. The molecule has 1 aromatic heterocycles. The van der Waals surface area contributed by atoms with Crippen LogP contribution in [-0.2, 0) is 0 Å². The Morgan fingerprint density at radius 1 is 1.42 bits per heavy atom. The van der Waals surface area contributed by atoms with Crippen molar-refractivity contribution in [1.29, 1.82) is 0 Å². The predicted molar refractivity (Wildman–Crippen MR) is 70.1 cm³/mol. The summed E-state index contributed by atoms with van der Waals surface area (Å²) in [7, 11) is 0. The Hall–Kier alpha value is -2.01. The van der Waals surface area contributed by atoms with Crippen LogP contribution in [0.15, 0.2) is 29.2 Å². The van der Waals surface area contributed by atoms with Crippen LogP contribution < -0.4 is 10.2 Å². The van der Waals surface area contributed by atoms with Crippen molar-refractivity contribution in [3.8, 4) is 5.75 Å². The molecule has 1 fully saturated rings. The molecule has 3 rings (SSSR count). The molecular weight excluding hydrogens is 270 g/mol. The Labute approximate surface area is 113 Å². The number of rotatable bonds is 2. The fourth-order valence-corrected chi connectivity index (χ4v) is 2.30. The molecule has 0 atom stereocenters. The highest BCUT2D eigenvalue weighted by atomic mass is 35.5. The Morgan fingerprint density at radius 3 is 2.79 bits per heavy atom. The van der Waals surface area contributed by atoms with Crippen molar-refractivity contribution >= 4 is 28.7 Å². The third kappa shape index (κ3) is 2.17. The van der Waals surface area contributed by atoms with Gasteiger partial charge in [-0.3, -0.25) is 4.79 Å². The highest BCUT2D eigenvalue weighted by Gasteiger charge is 2.26. The van der Waals surface area contributed by atoms with E-state index in [9.17, 15) is 9.59 Å². The third-order valence-electron chi connectivity index (χ3n) is 3.10. The van der Waals surface area contributed by atoms with E-state index in [0.717, 1.165) is 18.4 Å². The maximum Gasteiger partial charge on any atom is 0.511 e. The summed E-state index contributed by atoms with van der Waals surface area (Å²) in [5, 5.41) is 9.47. The molecule has 0 radical (unpaired) electrons. The minimum atomic E-state index is -1.50. The molecule has 1 aliphatic carbocycles. The summed E-state index contributed by atoms with van der Waals surface area (Å²) in [5.74, 6) is -0.186. The average Bonchev–Trinajstić information content (AvgIpc) is 3.16. The summed E-state index contributed by atoms with van der Waals surface area (Å²) in [4.78, 5) is 22.8. The molecule has 0 spiro atoms. The first kappa shape index (κ1) is 12.0. The molecular formula is C13H10ClNO4. The molecule has 6 heteroatoms. The maximum absolute atomic E-state index is 12.2. The second-order valence-corrected chi connectivity index (χ2v) is 4.93. The smallest absolute Gasteiger partial charge is 0.449 e. The third-order valence-corrected chi connectivity index (χ3v) is 3.33. The van der Waals surface area contributed by atoms with E-state index >= 15 is 0 Å². The van der Waals surface area contributed by atoms with Crippen LogP contribution >= 0.6 is 11.6 Å². The average molecular weight is 280 g/mol. The van der Waals surface area contributed by atoms with Crippen LogP contribution in [0.4, 0.5) is 4.79 Å². The van der Waals surface area contributed by atoms with Crippen molar-refractivity contribution in [2.75, 3.05) is 0 Å². The van der Waals surface area contributed by atoms with Crippen LogP contribution in [0.5, 0.6) is 5.75 Å². The molecule has 1 heterocycles. The zero-order valence-corrected chi connectivity index (χ0v) is 10.6. The maximum atomic E-state index is 12.2. The van der Waals surface area contributed by atoms with Crippen molar-refractivity contribution in [1.82, 2.24) is 4.57 Å². The number of hydrogen-bond donors (Lipinski definition) is 1. The number of ether oxygens (including phenoxy) is 1. The van der Waals surface area contributed by atoms with Crippen LogP contribution in [0, 0.1) is 0 Å². The summed E-state index contributed by atoms with van der Waals surface area (Å²) in [6.45, 7) is 0. The van der Waals surface area contributed by atoms with Gasteiger partial charge in [0.1, 0.15) is 0 Å². The minimum Gasteiger partial charge on any atom is -0.449 e. The van der Waals surface area contributed by atoms with Gasteiger partial charge in [-0.2, -0.15) is 0 Å². The largest absolute Gasteiger partial charge is 0.511 e. The first-order valence-corrected chi connectivity index (χ1v) is 6.19. The molecule has 1 aromatic carbocycles. The Morgan fingerprint density at radius 2 is 2.16 bits per heavy atom. The molecule has 0 amide bonds. The van der Waals surface area contributed by atoms with Crippen LogP contribution in [0.3, 0.4) is 0 Å². The van der Waals surface area contributed by atoms with E-state index < -0.39 is 11.6 Å². The fraction of sp³-hybridized carbons (Fsp3) is 0.231. The van der Waals surface area contributed by atoms with E-state index in [4.69, 9.17) is 16.7 Å². The summed E-state index contributed by atoms with van der Waals surface area (Å²) < 4.78 is 6.43. The second-order valence-electron chi connectivity index (χ2n) is 4.49. The SMILES string of the molecule is O=C(O)Oc1cn(C2CC2)c2ccc(Cl)cc2c1=O. The van der Waals surface area contributed by atoms with E-state index in [1.165, 1.54) is 12.3 Å². The van der Waals surface area contributed by atoms with E-state index in [-0.39, 0.29) is 5.75 Å². The lowest BCUT2D eigenvalue weighted by Crippen LogP contribution is -2.16. The van der Waals surface area contributed by atoms with Gasteiger partial charge < -0.3 is 14.4 Å². The first-order chi connectivity index (χ1) is 9.06. The Balaban J connectivity index is 2.30. The fourth-order valence-electron chi connectivity index (χ4n) is 2.12. The van der Waals surface area contributed by atoms with Gasteiger partial charge in [0.15, 0.2) is 5.75 Å². The molecule has 0 saturated heterocycles. The molecule has 1 aliphatic rings. The molecule has 2 aromatic rings. The van der Waals surface area contributed by atoms with Crippen LogP contribution in [0.25, 0.3) is 10.9 Å². The van der Waals surface area contributed by atoms with Crippen molar-refractivity contribution in [3.63, 3.8) is 0 Å². The van der Waals surface area contributed by atoms with E-state index in [2.05, 4.69) is 4.74 Å². The lowest BCUT2D eigenvalue weighted by atomic mass is 10.2. The zero-order chi connectivity index (χ0) is 13.6. The lowest BCUT2D eigenvalue weighted by Gasteiger charge is -2.11. The monoisotopic (exact) mass is 279 g/mol. The molecule has 0 unspecified atom stereocenters. The van der Waals surface area contributed by atoms with Crippen molar-refractivity contribution in [2.24, 2.45) is 0 Å². The predicted octanol–water partition coefficient (Wildman–Crippen LogP) is 3.05. The number of fused-ring (bicyclic) bond motifs is 1. The van der Waals surface area contributed by atoms with E-state index in [0.29, 0.717) is 16.5 Å². The number of carboxylic acid groups (broad SMARTS) is 1. The van der Waals surface area contributed by atoms with Gasteiger partial charge in [-0.25, -0.2) is 4.79 Å². The van der Waals surface area contributed by atoms with Gasteiger partial charge >= 0.3 is 6.16 Å². The number of hydrogen-bond acceptors (Lipinski definition) is 3. The molecule has 5 nitrogen and oxygen atoms in total. The van der Waals surface area contributed by atoms with Gasteiger partial charge in [0.05, 0.1) is 17.1 Å². The minimum absolute atomic E-state index is 0.186. The van der Waals surface area contributed by atoms with Crippen molar-refractivity contribution in [2.45, 2.75) is 18.9 Å². The van der Waals surface area contributed by atoms with Crippen LogP contribution in [0.2, 0.25) is 5.02 Å². The standard InChI is InChI=1S/C13H10ClNO4/c14-7-1-4-10-9(5-7)12(16)11(19-13(17)18)6-15(10)8-2-3-8/h1,4-6,8H,2-3H2,(H,17,18). The molecule has 0 bridgehead atoms. The number of benzene rings is 1. The lowest BCUT2D eigenvalue weighted by molar-refractivity contribution is 0.143. The van der Waals surface area contributed by atoms with Crippen LogP contribution in [-0.4, -0.2) is 15.8 Å². The van der Waals surface area contributed by atoms with Crippen molar-refractivity contribution < 1.29 is 14.6 Å². The van der Waals surface area contributed by atoms with Gasteiger partial charge in [0.25, 0.3) is 0 Å². The van der Waals surface area contributed by atoms with E-state index in [1.807, 2.05) is 4.57 Å². The zero-order valence-electron chi connectivity index (χ0n) is 9.80. The highest BCUT2D eigenvalue weighted by Crippen LogP contribution is 2.37. The normalized spacial score (nSPS) is 14.6. The second kappa shape index (κ2) is 4.28. The van der Waals surface area contributed by atoms with Gasteiger partial charge in [-0.1, -0.05) is 11.6 Å². The first-order valence-electron chi connectivity index (χ1n) is 5.81. The quantitative estimate of drug-likeness (QED) is 0.858. The number of aromatic nitrogens is 1. The highest BCUT2D eigenvalue weighted by molar-refractivity contribution is 6.31. The number of pyridine rings is 1. The van der Waals surface area contributed by atoms with Gasteiger partial charge in [0.2, 0.25) is 5.43 Å². The summed E-state index contributed by atoms with van der Waals surface area (Å²) in [6.07, 6.45) is 1.98. The topological polar surface area (TPSA) is 68.5 Å². The van der Waals surface area contributed by atoms with Crippen molar-refractivity contribution in [3.05, 3.63) is 39.6 Å². The molecule has 98 valence electrons. The Bertz CT molecular complexity index is 733. The number of nitrogens with zero attached hydrogens (tertiary/aromatic N) is 1. The Kier molecular flexibility index (Phi) is 2.71.